The molecule has 7 nitrogen and oxygen atoms in total. The number of anilines is 1. The van der Waals surface area contributed by atoms with E-state index < -0.39 is 24.5 Å². The lowest BCUT2D eigenvalue weighted by Gasteiger charge is -2.23. The fraction of sp³-hybridized carbons (Fsp3) is 0.500. The van der Waals surface area contributed by atoms with E-state index in [1.807, 2.05) is 6.07 Å². The van der Waals surface area contributed by atoms with Crippen LogP contribution in [0.15, 0.2) is 30.3 Å². The number of benzene rings is 1. The fourth-order valence-electron chi connectivity index (χ4n) is 4.89. The first-order chi connectivity index (χ1) is 13.0. The fourth-order valence-corrected chi connectivity index (χ4v) is 4.89. The van der Waals surface area contributed by atoms with Gasteiger partial charge < -0.3 is 10.1 Å². The van der Waals surface area contributed by atoms with Crippen molar-refractivity contribution in [3.8, 4) is 0 Å². The normalized spacial score (nSPS) is 29.6. The number of likely N-dealkylation sites (tertiary alicyclic amines) is 1. The molecule has 1 N–H and O–H groups in total. The van der Waals surface area contributed by atoms with E-state index in [9.17, 15) is 19.2 Å². The first-order valence-electron chi connectivity index (χ1n) is 9.36. The van der Waals surface area contributed by atoms with Gasteiger partial charge in [0.2, 0.25) is 11.8 Å². The lowest BCUT2D eigenvalue weighted by Crippen LogP contribution is -2.45. The van der Waals surface area contributed by atoms with E-state index in [1.165, 1.54) is 6.92 Å². The minimum atomic E-state index is -1.01. The van der Waals surface area contributed by atoms with Gasteiger partial charge in [0, 0.05) is 5.69 Å². The van der Waals surface area contributed by atoms with E-state index in [1.54, 1.807) is 24.3 Å². The minimum absolute atomic E-state index is 0.254. The number of fused-ring (bicyclic) bond motifs is 5. The summed E-state index contributed by atoms with van der Waals surface area (Å²) in [5.41, 5.74) is 0.597. The highest BCUT2D eigenvalue weighted by Crippen LogP contribution is 2.56. The number of hydrogen-bond donors (Lipinski definition) is 1. The molecule has 5 atom stereocenters. The molecule has 0 unspecified atom stereocenters. The number of nitrogens with zero attached hydrogens (tertiary/aromatic N) is 1. The molecule has 2 bridgehead atoms. The highest BCUT2D eigenvalue weighted by molar-refractivity contribution is 6.08. The Labute approximate surface area is 157 Å². The third kappa shape index (κ3) is 3.01. The van der Waals surface area contributed by atoms with Crippen molar-refractivity contribution in [1.82, 2.24) is 4.90 Å². The largest absolute Gasteiger partial charge is 0.454 e. The summed E-state index contributed by atoms with van der Waals surface area (Å²) in [6.07, 6.45) is 2.91. The number of para-hydroxylation sites is 1. The van der Waals surface area contributed by atoms with Crippen LogP contribution in [0.25, 0.3) is 0 Å². The molecule has 4 rings (SSSR count). The molecule has 2 aliphatic carbocycles. The molecule has 1 heterocycles. The van der Waals surface area contributed by atoms with E-state index >= 15 is 0 Å². The molecule has 3 amide bonds. The summed E-state index contributed by atoms with van der Waals surface area (Å²) >= 11 is 0. The molecular weight excluding hydrogens is 348 g/mol. The maximum absolute atomic E-state index is 12.7. The second-order valence-electron chi connectivity index (χ2n) is 7.63. The Morgan fingerprint density at radius 3 is 2.30 bits per heavy atom. The van der Waals surface area contributed by atoms with E-state index in [-0.39, 0.29) is 35.5 Å². The zero-order valence-electron chi connectivity index (χ0n) is 15.1. The van der Waals surface area contributed by atoms with E-state index in [2.05, 4.69) is 5.32 Å². The van der Waals surface area contributed by atoms with Gasteiger partial charge in [-0.2, -0.15) is 0 Å². The van der Waals surface area contributed by atoms with Crippen LogP contribution in [0.4, 0.5) is 5.69 Å². The maximum Gasteiger partial charge on any atom is 0.329 e. The number of imide groups is 1. The van der Waals surface area contributed by atoms with Crippen LogP contribution in [-0.2, 0) is 23.9 Å². The number of amides is 3. The second kappa shape index (κ2) is 6.79. The third-order valence-corrected chi connectivity index (χ3v) is 6.09. The zero-order chi connectivity index (χ0) is 19.1. The van der Waals surface area contributed by atoms with Crippen molar-refractivity contribution < 1.29 is 23.9 Å². The van der Waals surface area contributed by atoms with E-state index in [0.29, 0.717) is 5.69 Å². The molecule has 1 saturated heterocycles. The topological polar surface area (TPSA) is 92.8 Å². The predicted octanol–water partition coefficient (Wildman–Crippen LogP) is 1.59. The van der Waals surface area contributed by atoms with Gasteiger partial charge in [-0.3, -0.25) is 19.3 Å². The number of ether oxygens (including phenoxy) is 1. The summed E-state index contributed by atoms with van der Waals surface area (Å²) in [7, 11) is 0. The van der Waals surface area contributed by atoms with Crippen LogP contribution in [-0.4, -0.2) is 41.2 Å². The zero-order valence-corrected chi connectivity index (χ0v) is 15.1. The summed E-state index contributed by atoms with van der Waals surface area (Å²) in [5.74, 6) is -1.74. The van der Waals surface area contributed by atoms with E-state index in [0.717, 1.165) is 24.2 Å². The smallest absolute Gasteiger partial charge is 0.329 e. The number of carbonyl (C=O) groups excluding carboxylic acids is 4. The molecule has 1 aromatic carbocycles. The Bertz CT molecular complexity index is 765. The van der Waals surface area contributed by atoms with Crippen LogP contribution in [0.5, 0.6) is 0 Å². The van der Waals surface area contributed by atoms with Gasteiger partial charge in [-0.25, -0.2) is 4.79 Å². The molecule has 1 aromatic rings. The van der Waals surface area contributed by atoms with Crippen molar-refractivity contribution in [3.05, 3.63) is 30.3 Å². The number of hydrogen-bond acceptors (Lipinski definition) is 5. The first kappa shape index (κ1) is 17.7. The summed E-state index contributed by atoms with van der Waals surface area (Å²) in [5, 5.41) is 2.61. The molecule has 1 aliphatic heterocycles. The van der Waals surface area contributed by atoms with Gasteiger partial charge in [0.05, 0.1) is 11.8 Å². The van der Waals surface area contributed by atoms with Gasteiger partial charge in [-0.05, 0) is 50.2 Å². The predicted molar refractivity (Wildman–Crippen MR) is 95.2 cm³/mol. The molecule has 2 saturated carbocycles. The summed E-state index contributed by atoms with van der Waals surface area (Å²) in [6, 6.07) is 7.80. The lowest BCUT2D eigenvalue weighted by molar-refractivity contribution is -0.159. The monoisotopic (exact) mass is 370 g/mol. The Morgan fingerprint density at radius 1 is 1.11 bits per heavy atom. The number of esters is 1. The molecule has 142 valence electrons. The van der Waals surface area contributed by atoms with Crippen molar-refractivity contribution in [2.45, 2.75) is 32.2 Å². The summed E-state index contributed by atoms with van der Waals surface area (Å²) in [6.45, 7) is 1.02. The Hall–Kier alpha value is -2.70. The molecule has 0 aromatic heterocycles. The molecular formula is C20H22N2O5. The van der Waals surface area contributed by atoms with Crippen LogP contribution < -0.4 is 5.32 Å². The van der Waals surface area contributed by atoms with Gasteiger partial charge in [0.1, 0.15) is 6.04 Å². The first-order valence-corrected chi connectivity index (χ1v) is 9.36. The summed E-state index contributed by atoms with van der Waals surface area (Å²) in [4.78, 5) is 50.8. The highest BCUT2D eigenvalue weighted by Gasteiger charge is 2.62. The van der Waals surface area contributed by atoms with Gasteiger partial charge in [-0.15, -0.1) is 0 Å². The van der Waals surface area contributed by atoms with Crippen LogP contribution in [0.2, 0.25) is 0 Å². The van der Waals surface area contributed by atoms with Crippen molar-refractivity contribution in [1.29, 1.82) is 0 Å². The molecule has 0 radical (unpaired) electrons. The van der Waals surface area contributed by atoms with E-state index in [4.69, 9.17) is 4.74 Å². The van der Waals surface area contributed by atoms with Crippen LogP contribution >= 0.6 is 0 Å². The molecule has 0 spiro atoms. The Balaban J connectivity index is 1.35. The van der Waals surface area contributed by atoms with Crippen LogP contribution in [0.1, 0.15) is 26.2 Å². The van der Waals surface area contributed by atoms with Gasteiger partial charge in [-0.1, -0.05) is 18.2 Å². The van der Waals surface area contributed by atoms with Crippen LogP contribution in [0.3, 0.4) is 0 Å². The number of nitrogens with one attached hydrogen (secondary N) is 1. The second-order valence-corrected chi connectivity index (χ2v) is 7.63. The molecule has 3 fully saturated rings. The molecule has 7 heteroatoms. The van der Waals surface area contributed by atoms with Gasteiger partial charge in [0.25, 0.3) is 5.91 Å². The highest BCUT2D eigenvalue weighted by atomic mass is 16.5. The average molecular weight is 370 g/mol. The van der Waals surface area contributed by atoms with Gasteiger partial charge >= 0.3 is 5.97 Å². The Morgan fingerprint density at radius 2 is 1.70 bits per heavy atom. The number of carbonyl (C=O) groups is 4. The van der Waals surface area contributed by atoms with Crippen molar-refractivity contribution in [2.75, 3.05) is 11.9 Å². The standard InChI is InChI=1S/C20H22N2O5/c1-11(20(26)27-10-15(23)21-14-5-3-2-4-6-14)22-18(24)16-12-7-8-13(9-12)17(16)19(22)25/h2-6,11-13,16-17H,7-10H2,1H3,(H,21,23)/t11-,12-,13+,16-,17+/m0/s1. The molecule has 27 heavy (non-hydrogen) atoms. The average Bonchev–Trinajstić information content (AvgIpc) is 3.34. The van der Waals surface area contributed by atoms with Crippen molar-refractivity contribution >= 4 is 29.4 Å². The summed E-state index contributed by atoms with van der Waals surface area (Å²) < 4.78 is 5.04. The van der Waals surface area contributed by atoms with Crippen LogP contribution in [0, 0.1) is 23.7 Å². The Kier molecular flexibility index (Phi) is 4.45. The van der Waals surface area contributed by atoms with Crippen molar-refractivity contribution in [2.24, 2.45) is 23.7 Å². The van der Waals surface area contributed by atoms with Crippen molar-refractivity contribution in [3.63, 3.8) is 0 Å². The minimum Gasteiger partial charge on any atom is -0.454 e. The lowest BCUT2D eigenvalue weighted by atomic mass is 9.81. The maximum atomic E-state index is 12.7. The van der Waals surface area contributed by atoms with Gasteiger partial charge in [0.15, 0.2) is 6.61 Å². The quantitative estimate of drug-likeness (QED) is 0.628. The SMILES string of the molecule is C[C@@H](C(=O)OCC(=O)Nc1ccccc1)N1C(=O)[C@@H]2[C@@H]3CC[C@@H](C3)[C@@H]2C1=O. The third-order valence-electron chi connectivity index (χ3n) is 6.09. The number of rotatable bonds is 5. The molecule has 3 aliphatic rings.